The first-order valence-corrected chi connectivity index (χ1v) is 8.51. The molecule has 3 N–H and O–H groups in total. The molecule has 1 aromatic heterocycles. The molecular formula is C17H18ClN5O2. The molecule has 0 aliphatic carbocycles. The van der Waals surface area contributed by atoms with Crippen molar-refractivity contribution in [3.63, 3.8) is 0 Å². The van der Waals surface area contributed by atoms with Crippen LogP contribution in [0.5, 0.6) is 0 Å². The van der Waals surface area contributed by atoms with Crippen LogP contribution in [0.4, 0.5) is 17.2 Å². The predicted octanol–water partition coefficient (Wildman–Crippen LogP) is 2.26. The molecular weight excluding hydrogens is 342 g/mol. The monoisotopic (exact) mass is 359 g/mol. The van der Waals surface area contributed by atoms with Crippen molar-refractivity contribution in [1.29, 1.82) is 0 Å². The molecule has 1 saturated heterocycles. The number of hydrogen-bond donors (Lipinski definition) is 3. The fourth-order valence-corrected chi connectivity index (χ4v) is 3.33. The number of carbonyl (C=O) groups is 1. The van der Waals surface area contributed by atoms with Crippen molar-refractivity contribution in [2.75, 3.05) is 35.2 Å². The standard InChI is InChI=1S/C17H18ClN5O2/c18-11-2-3-15(22-7-4-12(24)10-22)14(8-11)21-17(25)13-9-20-23-6-1-5-19-16(13)23/h1-3,6,8-9,12,19,24H,4-5,7,10H2,(H,21,25). The molecule has 2 aliphatic rings. The Morgan fingerprint density at radius 3 is 3.12 bits per heavy atom. The number of β-amino-alcohol motifs (C(OH)–C–C–N with tert-alkyl or cyclic N) is 1. The number of rotatable bonds is 3. The molecule has 3 heterocycles. The first-order chi connectivity index (χ1) is 12.1. The number of fused-ring (bicyclic) bond motifs is 1. The van der Waals surface area contributed by atoms with Crippen LogP contribution >= 0.6 is 11.6 Å². The summed E-state index contributed by atoms with van der Waals surface area (Å²) < 4.78 is 1.63. The Morgan fingerprint density at radius 2 is 2.32 bits per heavy atom. The number of aliphatic hydroxyl groups excluding tert-OH is 1. The lowest BCUT2D eigenvalue weighted by atomic mass is 10.2. The van der Waals surface area contributed by atoms with Gasteiger partial charge in [-0.2, -0.15) is 5.10 Å². The number of carbonyl (C=O) groups excluding carboxylic acids is 1. The third-order valence-corrected chi connectivity index (χ3v) is 4.62. The van der Waals surface area contributed by atoms with E-state index in [0.717, 1.165) is 12.2 Å². The van der Waals surface area contributed by atoms with Gasteiger partial charge < -0.3 is 20.6 Å². The second-order valence-electron chi connectivity index (χ2n) is 6.12. The van der Waals surface area contributed by atoms with E-state index in [1.54, 1.807) is 16.8 Å². The van der Waals surface area contributed by atoms with Crippen LogP contribution < -0.4 is 15.5 Å². The summed E-state index contributed by atoms with van der Waals surface area (Å²) in [5.74, 6) is 0.410. The third-order valence-electron chi connectivity index (χ3n) is 4.38. The highest BCUT2D eigenvalue weighted by molar-refractivity contribution is 6.31. The van der Waals surface area contributed by atoms with Crippen molar-refractivity contribution >= 4 is 40.9 Å². The molecule has 0 saturated carbocycles. The molecule has 4 rings (SSSR count). The van der Waals surface area contributed by atoms with Crippen LogP contribution in [0.3, 0.4) is 0 Å². The maximum Gasteiger partial charge on any atom is 0.261 e. The molecule has 0 spiro atoms. The van der Waals surface area contributed by atoms with Crippen molar-refractivity contribution < 1.29 is 9.90 Å². The van der Waals surface area contributed by atoms with Crippen LogP contribution in [0, 0.1) is 0 Å². The highest BCUT2D eigenvalue weighted by Gasteiger charge is 2.24. The summed E-state index contributed by atoms with van der Waals surface area (Å²) in [6, 6.07) is 5.37. The molecule has 1 amide bonds. The minimum Gasteiger partial charge on any atom is -0.391 e. The highest BCUT2D eigenvalue weighted by Crippen LogP contribution is 2.32. The van der Waals surface area contributed by atoms with Gasteiger partial charge >= 0.3 is 0 Å². The average molecular weight is 360 g/mol. The Balaban J connectivity index is 1.62. The van der Waals surface area contributed by atoms with Crippen LogP contribution in [0.1, 0.15) is 16.8 Å². The van der Waals surface area contributed by atoms with E-state index in [4.69, 9.17) is 11.6 Å². The summed E-state index contributed by atoms with van der Waals surface area (Å²) in [5, 5.41) is 20.6. The molecule has 1 aromatic carbocycles. The zero-order valence-corrected chi connectivity index (χ0v) is 14.2. The number of aliphatic hydroxyl groups is 1. The fraction of sp³-hybridized carbons (Fsp3) is 0.294. The Bertz CT molecular complexity index is 848. The van der Waals surface area contributed by atoms with E-state index in [1.165, 1.54) is 6.20 Å². The van der Waals surface area contributed by atoms with Gasteiger partial charge in [-0.1, -0.05) is 11.6 Å². The fourth-order valence-electron chi connectivity index (χ4n) is 3.16. The van der Waals surface area contributed by atoms with E-state index in [1.807, 2.05) is 23.2 Å². The van der Waals surface area contributed by atoms with Crippen molar-refractivity contribution in [1.82, 2.24) is 9.78 Å². The lowest BCUT2D eigenvalue weighted by molar-refractivity contribution is 0.102. The van der Waals surface area contributed by atoms with Crippen LogP contribution in [-0.2, 0) is 0 Å². The lowest BCUT2D eigenvalue weighted by Gasteiger charge is -2.22. The largest absolute Gasteiger partial charge is 0.391 e. The normalized spacial score (nSPS) is 18.8. The van der Waals surface area contributed by atoms with E-state index in [-0.39, 0.29) is 12.0 Å². The molecule has 1 unspecified atom stereocenters. The molecule has 1 atom stereocenters. The minimum absolute atomic E-state index is 0.257. The summed E-state index contributed by atoms with van der Waals surface area (Å²) in [6.45, 7) is 1.93. The number of anilines is 3. The van der Waals surface area contributed by atoms with Crippen LogP contribution in [0.15, 0.2) is 30.5 Å². The highest BCUT2D eigenvalue weighted by atomic mass is 35.5. The predicted molar refractivity (Wildman–Crippen MR) is 98.3 cm³/mol. The van der Waals surface area contributed by atoms with Crippen LogP contribution in [-0.4, -0.2) is 46.5 Å². The number of amides is 1. The number of hydrogen-bond acceptors (Lipinski definition) is 5. The van der Waals surface area contributed by atoms with Crippen LogP contribution in [0.2, 0.25) is 5.02 Å². The molecule has 2 aliphatic heterocycles. The molecule has 25 heavy (non-hydrogen) atoms. The van der Waals surface area contributed by atoms with E-state index in [2.05, 4.69) is 15.7 Å². The summed E-state index contributed by atoms with van der Waals surface area (Å²) >= 11 is 6.12. The summed E-state index contributed by atoms with van der Waals surface area (Å²) in [6.07, 6.45) is 5.65. The molecule has 0 radical (unpaired) electrons. The number of aromatic nitrogens is 2. The first kappa shape index (κ1) is 16.0. The molecule has 0 bridgehead atoms. The van der Waals surface area contributed by atoms with Crippen molar-refractivity contribution in [2.45, 2.75) is 12.5 Å². The Morgan fingerprint density at radius 1 is 1.44 bits per heavy atom. The van der Waals surface area contributed by atoms with Gasteiger partial charge in [-0.05, 0) is 30.7 Å². The lowest BCUT2D eigenvalue weighted by Crippen LogP contribution is -2.23. The summed E-state index contributed by atoms with van der Waals surface area (Å²) in [4.78, 5) is 14.8. The van der Waals surface area contributed by atoms with Gasteiger partial charge in [0.2, 0.25) is 0 Å². The summed E-state index contributed by atoms with van der Waals surface area (Å²) in [7, 11) is 0. The van der Waals surface area contributed by atoms with Gasteiger partial charge in [-0.3, -0.25) is 4.79 Å². The van der Waals surface area contributed by atoms with E-state index < -0.39 is 0 Å². The van der Waals surface area contributed by atoms with Gasteiger partial charge in [0.25, 0.3) is 5.91 Å². The van der Waals surface area contributed by atoms with Gasteiger partial charge in [0.15, 0.2) is 0 Å². The van der Waals surface area contributed by atoms with Gasteiger partial charge in [-0.25, -0.2) is 4.68 Å². The van der Waals surface area contributed by atoms with Crippen LogP contribution in [0.25, 0.3) is 6.20 Å². The van der Waals surface area contributed by atoms with Crippen molar-refractivity contribution in [2.24, 2.45) is 0 Å². The maximum absolute atomic E-state index is 12.8. The summed E-state index contributed by atoms with van der Waals surface area (Å²) in [5.41, 5.74) is 1.94. The Kier molecular flexibility index (Phi) is 4.10. The maximum atomic E-state index is 12.8. The zero-order chi connectivity index (χ0) is 17.4. The van der Waals surface area contributed by atoms with E-state index >= 15 is 0 Å². The van der Waals surface area contributed by atoms with Gasteiger partial charge in [0.1, 0.15) is 11.4 Å². The SMILES string of the molecule is O=C(Nc1cc(Cl)ccc1N1CCC(O)C1)c1cnn2c1NCC=C2. The molecule has 7 nitrogen and oxygen atoms in total. The van der Waals surface area contributed by atoms with E-state index in [0.29, 0.717) is 41.6 Å². The zero-order valence-electron chi connectivity index (χ0n) is 13.4. The smallest absolute Gasteiger partial charge is 0.261 e. The van der Waals surface area contributed by atoms with Crippen molar-refractivity contribution in [3.8, 4) is 0 Å². The second-order valence-corrected chi connectivity index (χ2v) is 6.56. The quantitative estimate of drug-likeness (QED) is 0.783. The van der Waals surface area contributed by atoms with Gasteiger partial charge in [0, 0.05) is 30.9 Å². The number of nitrogens with one attached hydrogen (secondary N) is 2. The number of nitrogens with zero attached hydrogens (tertiary/aromatic N) is 3. The van der Waals surface area contributed by atoms with Gasteiger partial charge in [-0.15, -0.1) is 0 Å². The molecule has 8 heteroatoms. The van der Waals surface area contributed by atoms with Crippen molar-refractivity contribution in [3.05, 3.63) is 41.1 Å². The third kappa shape index (κ3) is 3.08. The minimum atomic E-state index is -0.349. The Labute approximate surface area is 149 Å². The number of benzene rings is 1. The first-order valence-electron chi connectivity index (χ1n) is 8.14. The average Bonchev–Trinajstić information content (AvgIpc) is 3.21. The van der Waals surface area contributed by atoms with E-state index in [9.17, 15) is 9.90 Å². The molecule has 1 fully saturated rings. The topological polar surface area (TPSA) is 82.4 Å². The molecule has 2 aromatic rings. The molecule has 130 valence electrons. The second kappa shape index (κ2) is 6.42. The van der Waals surface area contributed by atoms with Gasteiger partial charge in [0.05, 0.1) is 23.7 Å². The number of halogens is 1. The Hall–Kier alpha value is -2.51.